The van der Waals surface area contributed by atoms with E-state index >= 15 is 0 Å². The molecule has 15 heavy (non-hydrogen) atoms. The second-order valence-electron chi connectivity index (χ2n) is 4.76. The summed E-state index contributed by atoms with van der Waals surface area (Å²) in [6.45, 7) is 15.0. The van der Waals surface area contributed by atoms with E-state index in [9.17, 15) is 0 Å². The van der Waals surface area contributed by atoms with Crippen LogP contribution in [-0.2, 0) is 4.74 Å². The molecule has 90 valence electrons. The predicted octanol–water partition coefficient (Wildman–Crippen LogP) is 1.51. The Kier molecular flexibility index (Phi) is 7.65. The third kappa shape index (κ3) is 9.91. The molecule has 0 aliphatic heterocycles. The van der Waals surface area contributed by atoms with Gasteiger partial charge in [0.2, 0.25) is 0 Å². The van der Waals surface area contributed by atoms with Crippen molar-refractivity contribution in [3.63, 3.8) is 0 Å². The highest BCUT2D eigenvalue weighted by Gasteiger charge is 2.09. The second-order valence-corrected chi connectivity index (χ2v) is 4.76. The topological polar surface area (TPSA) is 24.5 Å². The van der Waals surface area contributed by atoms with Crippen molar-refractivity contribution in [3.8, 4) is 0 Å². The van der Waals surface area contributed by atoms with Crippen molar-refractivity contribution in [2.24, 2.45) is 0 Å². The number of rotatable bonds is 8. The lowest BCUT2D eigenvalue weighted by atomic mass is 10.1. The van der Waals surface area contributed by atoms with Gasteiger partial charge in [-0.15, -0.1) is 6.58 Å². The van der Waals surface area contributed by atoms with Crippen LogP contribution in [0.5, 0.6) is 0 Å². The van der Waals surface area contributed by atoms with Gasteiger partial charge >= 0.3 is 0 Å². The molecule has 0 heterocycles. The maximum atomic E-state index is 5.07. The van der Waals surface area contributed by atoms with E-state index < -0.39 is 0 Å². The van der Waals surface area contributed by atoms with Crippen LogP contribution in [0, 0.1) is 0 Å². The molecule has 1 N–H and O–H groups in total. The van der Waals surface area contributed by atoms with Gasteiger partial charge in [-0.25, -0.2) is 0 Å². The largest absolute Gasteiger partial charge is 0.383 e. The first kappa shape index (κ1) is 14.6. The Labute approximate surface area is 94.5 Å². The molecule has 0 aliphatic rings. The van der Waals surface area contributed by atoms with E-state index in [2.05, 4.69) is 37.6 Å². The average molecular weight is 214 g/mol. The summed E-state index contributed by atoms with van der Waals surface area (Å²) in [6, 6.07) is 0. The SMILES string of the molecule is C=CCN(CCNC(C)(C)C)CCOC. The Morgan fingerprint density at radius 3 is 2.47 bits per heavy atom. The molecule has 0 fully saturated rings. The zero-order valence-corrected chi connectivity index (χ0v) is 10.7. The molecule has 0 aliphatic carbocycles. The molecule has 0 spiro atoms. The van der Waals surface area contributed by atoms with Gasteiger partial charge in [-0.3, -0.25) is 4.90 Å². The fraction of sp³-hybridized carbons (Fsp3) is 0.833. The predicted molar refractivity (Wildman–Crippen MR) is 66.3 cm³/mol. The minimum atomic E-state index is 0.196. The first-order valence-corrected chi connectivity index (χ1v) is 5.57. The minimum Gasteiger partial charge on any atom is -0.383 e. The van der Waals surface area contributed by atoms with Crippen molar-refractivity contribution < 1.29 is 4.74 Å². The van der Waals surface area contributed by atoms with Crippen LogP contribution >= 0.6 is 0 Å². The van der Waals surface area contributed by atoms with Crippen molar-refractivity contribution in [1.29, 1.82) is 0 Å². The third-order valence-corrected chi connectivity index (χ3v) is 2.08. The molecule has 0 saturated heterocycles. The summed E-state index contributed by atoms with van der Waals surface area (Å²) in [4.78, 5) is 2.33. The van der Waals surface area contributed by atoms with Crippen molar-refractivity contribution in [1.82, 2.24) is 10.2 Å². The summed E-state index contributed by atoms with van der Waals surface area (Å²) in [6.07, 6.45) is 1.94. The normalized spacial score (nSPS) is 12.1. The Morgan fingerprint density at radius 1 is 1.33 bits per heavy atom. The molecule has 3 heteroatoms. The number of hydrogen-bond donors (Lipinski definition) is 1. The molecule has 0 aromatic heterocycles. The van der Waals surface area contributed by atoms with Gasteiger partial charge in [-0.2, -0.15) is 0 Å². The van der Waals surface area contributed by atoms with E-state index in [1.165, 1.54) is 0 Å². The zero-order chi connectivity index (χ0) is 11.7. The van der Waals surface area contributed by atoms with Crippen LogP contribution in [0.25, 0.3) is 0 Å². The molecule has 0 bridgehead atoms. The second kappa shape index (κ2) is 7.85. The quantitative estimate of drug-likeness (QED) is 0.620. The highest BCUT2D eigenvalue weighted by molar-refractivity contribution is 4.76. The van der Waals surface area contributed by atoms with Gasteiger partial charge in [0.25, 0.3) is 0 Å². The van der Waals surface area contributed by atoms with Crippen molar-refractivity contribution in [3.05, 3.63) is 12.7 Å². The molecule has 0 atom stereocenters. The molecule has 0 aromatic rings. The lowest BCUT2D eigenvalue weighted by molar-refractivity contribution is 0.153. The highest BCUT2D eigenvalue weighted by Crippen LogP contribution is 1.97. The Hall–Kier alpha value is -0.380. The molecule has 0 aromatic carbocycles. The van der Waals surface area contributed by atoms with Crippen LogP contribution in [0.15, 0.2) is 12.7 Å². The number of methoxy groups -OCH3 is 1. The lowest BCUT2D eigenvalue weighted by Crippen LogP contribution is -2.42. The van der Waals surface area contributed by atoms with Crippen LogP contribution in [0.1, 0.15) is 20.8 Å². The van der Waals surface area contributed by atoms with Gasteiger partial charge in [-0.1, -0.05) is 6.08 Å². The Morgan fingerprint density at radius 2 is 2.00 bits per heavy atom. The fourth-order valence-corrected chi connectivity index (χ4v) is 1.29. The van der Waals surface area contributed by atoms with E-state index in [1.807, 2.05) is 6.08 Å². The zero-order valence-electron chi connectivity index (χ0n) is 10.7. The minimum absolute atomic E-state index is 0.196. The first-order chi connectivity index (χ1) is 6.99. The van der Waals surface area contributed by atoms with E-state index in [-0.39, 0.29) is 5.54 Å². The Balaban J connectivity index is 3.69. The van der Waals surface area contributed by atoms with Gasteiger partial charge in [0.1, 0.15) is 0 Å². The molecule has 0 rings (SSSR count). The van der Waals surface area contributed by atoms with Gasteiger partial charge in [0.05, 0.1) is 6.61 Å². The summed E-state index contributed by atoms with van der Waals surface area (Å²) < 4.78 is 5.07. The van der Waals surface area contributed by atoms with Crippen molar-refractivity contribution in [2.45, 2.75) is 26.3 Å². The van der Waals surface area contributed by atoms with Gasteiger partial charge in [0, 0.05) is 38.8 Å². The molecule has 0 unspecified atom stereocenters. The van der Waals surface area contributed by atoms with Crippen LogP contribution in [0.3, 0.4) is 0 Å². The maximum Gasteiger partial charge on any atom is 0.0589 e. The van der Waals surface area contributed by atoms with E-state index in [4.69, 9.17) is 4.74 Å². The smallest absolute Gasteiger partial charge is 0.0589 e. The van der Waals surface area contributed by atoms with Crippen LogP contribution < -0.4 is 5.32 Å². The number of hydrogen-bond acceptors (Lipinski definition) is 3. The molecular weight excluding hydrogens is 188 g/mol. The molecular formula is C12H26N2O. The van der Waals surface area contributed by atoms with Crippen molar-refractivity contribution >= 4 is 0 Å². The summed E-state index contributed by atoms with van der Waals surface area (Å²) in [7, 11) is 1.74. The summed E-state index contributed by atoms with van der Waals surface area (Å²) in [5, 5.41) is 3.47. The Bertz CT molecular complexity index is 163. The summed E-state index contributed by atoms with van der Waals surface area (Å²) >= 11 is 0. The standard InChI is InChI=1S/C12H26N2O/c1-6-8-14(10-11-15-5)9-7-13-12(2,3)4/h6,13H,1,7-11H2,2-5H3. The molecule has 0 radical (unpaired) electrons. The van der Waals surface area contributed by atoms with Crippen LogP contribution in [0.2, 0.25) is 0 Å². The van der Waals surface area contributed by atoms with Gasteiger partial charge in [-0.05, 0) is 20.8 Å². The molecule has 3 nitrogen and oxygen atoms in total. The van der Waals surface area contributed by atoms with E-state index in [1.54, 1.807) is 7.11 Å². The van der Waals surface area contributed by atoms with Crippen LogP contribution in [-0.4, -0.2) is 50.3 Å². The van der Waals surface area contributed by atoms with Crippen LogP contribution in [0.4, 0.5) is 0 Å². The fourth-order valence-electron chi connectivity index (χ4n) is 1.29. The molecule has 0 saturated carbocycles. The van der Waals surface area contributed by atoms with E-state index in [0.717, 1.165) is 32.8 Å². The monoisotopic (exact) mass is 214 g/mol. The average Bonchev–Trinajstić information content (AvgIpc) is 2.12. The maximum absolute atomic E-state index is 5.07. The van der Waals surface area contributed by atoms with Gasteiger partial charge in [0.15, 0.2) is 0 Å². The third-order valence-electron chi connectivity index (χ3n) is 2.08. The summed E-state index contributed by atoms with van der Waals surface area (Å²) in [5.74, 6) is 0. The lowest BCUT2D eigenvalue weighted by Gasteiger charge is -2.25. The highest BCUT2D eigenvalue weighted by atomic mass is 16.5. The number of nitrogens with zero attached hydrogens (tertiary/aromatic N) is 1. The number of nitrogens with one attached hydrogen (secondary N) is 1. The van der Waals surface area contributed by atoms with Crippen molar-refractivity contribution in [2.75, 3.05) is 39.9 Å². The van der Waals surface area contributed by atoms with Gasteiger partial charge < -0.3 is 10.1 Å². The first-order valence-electron chi connectivity index (χ1n) is 5.57. The molecule has 0 amide bonds. The number of ether oxygens (including phenoxy) is 1. The van der Waals surface area contributed by atoms with E-state index in [0.29, 0.717) is 0 Å². The summed E-state index contributed by atoms with van der Waals surface area (Å²) in [5.41, 5.74) is 0.196.